The van der Waals surface area contributed by atoms with Gasteiger partial charge in [-0.25, -0.2) is 0 Å². The van der Waals surface area contributed by atoms with Gasteiger partial charge in [-0.05, 0) is 32.6 Å². The van der Waals surface area contributed by atoms with Crippen molar-refractivity contribution in [3.63, 3.8) is 0 Å². The first-order valence-corrected chi connectivity index (χ1v) is 9.47. The van der Waals surface area contributed by atoms with Gasteiger partial charge in [0.15, 0.2) is 5.96 Å². The number of aliphatic imine (C=N–C) groups is 1. The summed E-state index contributed by atoms with van der Waals surface area (Å²) < 4.78 is 11.1. The van der Waals surface area contributed by atoms with Gasteiger partial charge in [-0.1, -0.05) is 6.92 Å². The minimum Gasteiger partial charge on any atom is -0.381 e. The minimum atomic E-state index is 0.470. The Balaban J connectivity index is 1.57. The summed E-state index contributed by atoms with van der Waals surface area (Å²) in [5.41, 5.74) is 0. The van der Waals surface area contributed by atoms with Crippen LogP contribution in [0.2, 0.25) is 0 Å². The fourth-order valence-corrected chi connectivity index (χ4v) is 3.33. The first-order chi connectivity index (χ1) is 11.6. The molecule has 0 aromatic heterocycles. The fraction of sp³-hybridized carbons (Fsp3) is 0.944. The first-order valence-electron chi connectivity index (χ1n) is 9.47. The van der Waals surface area contributed by atoms with Crippen LogP contribution in [0.5, 0.6) is 0 Å². The van der Waals surface area contributed by atoms with Crippen LogP contribution in [-0.4, -0.2) is 76.1 Å². The molecule has 0 saturated carbocycles. The Bertz CT molecular complexity index is 383. The summed E-state index contributed by atoms with van der Waals surface area (Å²) in [4.78, 5) is 6.88. The molecule has 0 aromatic rings. The van der Waals surface area contributed by atoms with Crippen LogP contribution in [0.3, 0.4) is 0 Å². The monoisotopic (exact) mass is 340 g/mol. The second kappa shape index (κ2) is 10.2. The lowest BCUT2D eigenvalue weighted by atomic mass is 10.1. The molecule has 2 heterocycles. The van der Waals surface area contributed by atoms with E-state index in [0.29, 0.717) is 23.9 Å². The van der Waals surface area contributed by atoms with Crippen LogP contribution in [0, 0.1) is 11.8 Å². The third kappa shape index (κ3) is 6.22. The lowest BCUT2D eigenvalue weighted by molar-refractivity contribution is 0.0888. The molecule has 0 spiro atoms. The Morgan fingerprint density at radius 2 is 2.21 bits per heavy atom. The maximum Gasteiger partial charge on any atom is 0.191 e. The van der Waals surface area contributed by atoms with Crippen LogP contribution in [0.4, 0.5) is 0 Å². The molecule has 2 aliphatic heterocycles. The molecule has 2 saturated heterocycles. The maximum atomic E-state index is 5.74. The number of guanidine groups is 1. The molecule has 2 N–H and O–H groups in total. The quantitative estimate of drug-likeness (QED) is 0.396. The van der Waals surface area contributed by atoms with Crippen LogP contribution in [0.1, 0.15) is 33.6 Å². The fourth-order valence-electron chi connectivity index (χ4n) is 3.33. The molecule has 0 aromatic carbocycles. The van der Waals surface area contributed by atoms with Crippen LogP contribution in [0.15, 0.2) is 4.99 Å². The Hall–Kier alpha value is -0.850. The molecule has 2 aliphatic rings. The average molecular weight is 341 g/mol. The zero-order valence-corrected chi connectivity index (χ0v) is 15.9. The minimum absolute atomic E-state index is 0.470. The van der Waals surface area contributed by atoms with Crippen molar-refractivity contribution in [2.75, 3.05) is 53.1 Å². The predicted molar refractivity (Wildman–Crippen MR) is 98.5 cm³/mol. The summed E-state index contributed by atoms with van der Waals surface area (Å²) in [5, 5.41) is 6.98. The zero-order chi connectivity index (χ0) is 17.4. The Kier molecular flexibility index (Phi) is 8.29. The van der Waals surface area contributed by atoms with Crippen molar-refractivity contribution >= 4 is 5.96 Å². The van der Waals surface area contributed by atoms with Gasteiger partial charge < -0.3 is 20.1 Å². The predicted octanol–water partition coefficient (Wildman–Crippen LogP) is 1.32. The van der Waals surface area contributed by atoms with Crippen LogP contribution >= 0.6 is 0 Å². The standard InChI is InChI=1S/C18H36N4O2/c1-14(2)22-10-15(3)17(11-22)21-18(19-4)20-7-5-8-23-12-16-6-9-24-13-16/h14-17H,5-13H2,1-4H3,(H2,19,20,21). The van der Waals surface area contributed by atoms with E-state index in [4.69, 9.17) is 9.47 Å². The molecule has 140 valence electrons. The van der Waals surface area contributed by atoms with E-state index in [1.165, 1.54) is 0 Å². The van der Waals surface area contributed by atoms with E-state index in [0.717, 1.165) is 64.9 Å². The maximum absolute atomic E-state index is 5.74. The number of ether oxygens (including phenoxy) is 2. The Morgan fingerprint density at radius 3 is 2.83 bits per heavy atom. The summed E-state index contributed by atoms with van der Waals surface area (Å²) in [6.45, 7) is 13.4. The molecular formula is C18H36N4O2. The van der Waals surface area contributed by atoms with Gasteiger partial charge in [0.2, 0.25) is 0 Å². The van der Waals surface area contributed by atoms with E-state index in [2.05, 4.69) is 41.3 Å². The number of hydrogen-bond donors (Lipinski definition) is 2. The number of rotatable bonds is 8. The lowest BCUT2D eigenvalue weighted by Crippen LogP contribution is -2.47. The van der Waals surface area contributed by atoms with Crippen molar-refractivity contribution in [1.29, 1.82) is 0 Å². The lowest BCUT2D eigenvalue weighted by Gasteiger charge is -2.22. The highest BCUT2D eigenvalue weighted by Crippen LogP contribution is 2.18. The highest BCUT2D eigenvalue weighted by Gasteiger charge is 2.31. The van der Waals surface area contributed by atoms with Crippen molar-refractivity contribution in [3.8, 4) is 0 Å². The van der Waals surface area contributed by atoms with Crippen molar-refractivity contribution in [1.82, 2.24) is 15.5 Å². The molecule has 0 radical (unpaired) electrons. The zero-order valence-electron chi connectivity index (χ0n) is 15.9. The molecule has 2 rings (SSSR count). The van der Waals surface area contributed by atoms with E-state index in [9.17, 15) is 0 Å². The van der Waals surface area contributed by atoms with Gasteiger partial charge in [0.1, 0.15) is 0 Å². The van der Waals surface area contributed by atoms with Gasteiger partial charge in [0.25, 0.3) is 0 Å². The van der Waals surface area contributed by atoms with E-state index in [1.807, 2.05) is 7.05 Å². The third-order valence-electron chi connectivity index (χ3n) is 5.05. The molecule has 2 fully saturated rings. The Morgan fingerprint density at radius 1 is 1.38 bits per heavy atom. The Labute approximate surface area is 147 Å². The summed E-state index contributed by atoms with van der Waals surface area (Å²) in [5.74, 6) is 2.14. The summed E-state index contributed by atoms with van der Waals surface area (Å²) in [6.07, 6.45) is 2.13. The summed E-state index contributed by atoms with van der Waals surface area (Å²) in [6, 6.07) is 1.08. The number of hydrogen-bond acceptors (Lipinski definition) is 4. The SMILES string of the molecule is CN=C(NCCCOCC1CCOC1)NC1CN(C(C)C)CC1C. The second-order valence-electron chi connectivity index (χ2n) is 7.43. The van der Waals surface area contributed by atoms with E-state index >= 15 is 0 Å². The molecule has 3 atom stereocenters. The van der Waals surface area contributed by atoms with Crippen LogP contribution in [0.25, 0.3) is 0 Å². The molecular weight excluding hydrogens is 304 g/mol. The number of likely N-dealkylation sites (tertiary alicyclic amines) is 1. The first kappa shape index (κ1) is 19.5. The van der Waals surface area contributed by atoms with Crippen LogP contribution < -0.4 is 10.6 Å². The number of nitrogens with zero attached hydrogens (tertiary/aromatic N) is 2. The average Bonchev–Trinajstić information content (AvgIpc) is 3.19. The number of nitrogens with one attached hydrogen (secondary N) is 2. The van der Waals surface area contributed by atoms with Crippen molar-refractivity contribution in [2.24, 2.45) is 16.8 Å². The van der Waals surface area contributed by atoms with Crippen molar-refractivity contribution in [2.45, 2.75) is 45.7 Å². The second-order valence-corrected chi connectivity index (χ2v) is 7.43. The van der Waals surface area contributed by atoms with Gasteiger partial charge in [0, 0.05) is 57.9 Å². The topological polar surface area (TPSA) is 58.1 Å². The van der Waals surface area contributed by atoms with Gasteiger partial charge >= 0.3 is 0 Å². The van der Waals surface area contributed by atoms with E-state index < -0.39 is 0 Å². The van der Waals surface area contributed by atoms with E-state index in [-0.39, 0.29) is 0 Å². The molecule has 6 heteroatoms. The van der Waals surface area contributed by atoms with E-state index in [1.54, 1.807) is 0 Å². The normalized spacial score (nSPS) is 28.7. The largest absolute Gasteiger partial charge is 0.381 e. The molecule has 0 bridgehead atoms. The van der Waals surface area contributed by atoms with Crippen molar-refractivity contribution in [3.05, 3.63) is 0 Å². The highest BCUT2D eigenvalue weighted by molar-refractivity contribution is 5.80. The van der Waals surface area contributed by atoms with Gasteiger partial charge in [-0.3, -0.25) is 9.89 Å². The molecule has 6 nitrogen and oxygen atoms in total. The van der Waals surface area contributed by atoms with Gasteiger partial charge in [0.05, 0.1) is 13.2 Å². The van der Waals surface area contributed by atoms with Crippen LogP contribution in [-0.2, 0) is 9.47 Å². The molecule has 0 amide bonds. The summed E-state index contributed by atoms with van der Waals surface area (Å²) >= 11 is 0. The molecule has 24 heavy (non-hydrogen) atoms. The molecule has 0 aliphatic carbocycles. The van der Waals surface area contributed by atoms with Crippen molar-refractivity contribution < 1.29 is 9.47 Å². The summed E-state index contributed by atoms with van der Waals surface area (Å²) in [7, 11) is 1.84. The van der Waals surface area contributed by atoms with Gasteiger partial charge in [-0.2, -0.15) is 0 Å². The third-order valence-corrected chi connectivity index (χ3v) is 5.05. The highest BCUT2D eigenvalue weighted by atomic mass is 16.5. The molecule has 3 unspecified atom stereocenters. The smallest absolute Gasteiger partial charge is 0.191 e. The van der Waals surface area contributed by atoms with Gasteiger partial charge in [-0.15, -0.1) is 0 Å².